The van der Waals surface area contributed by atoms with Crippen LogP contribution in [0.5, 0.6) is 17.4 Å². The van der Waals surface area contributed by atoms with Gasteiger partial charge < -0.3 is 14.4 Å². The fourth-order valence-corrected chi connectivity index (χ4v) is 5.41. The SMILES string of the molecule is Br.C/C(=C/C(=O)N1CCN(Cc2ccc(C)cc2)CC1)c1cc(C)c(Oc2ccc(OCc3ccccc3Cl)cn2)c(Cl)c1. The third kappa shape index (κ3) is 8.85. The smallest absolute Gasteiger partial charge is 0.246 e. The summed E-state index contributed by atoms with van der Waals surface area (Å²) in [6, 6.07) is 23.5. The summed E-state index contributed by atoms with van der Waals surface area (Å²) in [5.41, 5.74) is 6.02. The molecule has 0 atom stereocenters. The summed E-state index contributed by atoms with van der Waals surface area (Å²) in [4.78, 5) is 21.8. The highest BCUT2D eigenvalue weighted by Gasteiger charge is 2.20. The number of amides is 1. The zero-order valence-corrected chi connectivity index (χ0v) is 28.3. The van der Waals surface area contributed by atoms with Crippen molar-refractivity contribution in [3.05, 3.63) is 123 Å². The predicted octanol–water partition coefficient (Wildman–Crippen LogP) is 8.70. The van der Waals surface area contributed by atoms with Crippen molar-refractivity contribution < 1.29 is 14.3 Å². The predicted molar refractivity (Wildman–Crippen MR) is 183 cm³/mol. The van der Waals surface area contributed by atoms with Crippen LogP contribution in [0.4, 0.5) is 0 Å². The molecule has 0 spiro atoms. The first kappa shape index (κ1) is 33.5. The van der Waals surface area contributed by atoms with Crippen molar-refractivity contribution in [3.63, 3.8) is 0 Å². The molecule has 230 valence electrons. The number of nitrogens with zero attached hydrogens (tertiary/aromatic N) is 3. The first-order chi connectivity index (χ1) is 20.7. The number of rotatable bonds is 9. The van der Waals surface area contributed by atoms with Gasteiger partial charge in [-0.25, -0.2) is 4.98 Å². The number of ether oxygens (including phenoxy) is 2. The Kier molecular flexibility index (Phi) is 11.9. The maximum atomic E-state index is 13.1. The highest BCUT2D eigenvalue weighted by molar-refractivity contribution is 8.93. The Labute approximate surface area is 280 Å². The Balaban J connectivity index is 0.00000442. The second kappa shape index (κ2) is 15.6. The van der Waals surface area contributed by atoms with Gasteiger partial charge >= 0.3 is 0 Å². The van der Waals surface area contributed by atoms with Gasteiger partial charge in [0.1, 0.15) is 12.4 Å². The number of halogens is 3. The molecule has 0 aliphatic carbocycles. The minimum absolute atomic E-state index is 0. The number of carbonyl (C=O) groups is 1. The third-order valence-corrected chi connectivity index (χ3v) is 8.15. The molecular formula is C35H36BrCl2N3O3. The van der Waals surface area contributed by atoms with Gasteiger partial charge in [0.2, 0.25) is 11.8 Å². The van der Waals surface area contributed by atoms with Crippen LogP contribution in [0.15, 0.2) is 85.1 Å². The van der Waals surface area contributed by atoms with Crippen LogP contribution >= 0.6 is 40.2 Å². The van der Waals surface area contributed by atoms with Crippen molar-refractivity contribution in [3.8, 4) is 17.4 Å². The van der Waals surface area contributed by atoms with Gasteiger partial charge in [-0.3, -0.25) is 9.69 Å². The number of piperazine rings is 1. The van der Waals surface area contributed by atoms with Gasteiger partial charge in [-0.05, 0) is 67.3 Å². The Bertz CT molecular complexity index is 1580. The van der Waals surface area contributed by atoms with E-state index in [1.807, 2.05) is 55.1 Å². The van der Waals surface area contributed by atoms with E-state index < -0.39 is 0 Å². The standard InChI is InChI=1S/C35H35Cl2N3O3.BrH/c1-24-8-10-27(11-9-24)22-39-14-16-40(17-15-39)34(41)19-25(2)29-18-26(3)35(32(37)20-29)43-33-13-12-30(21-38-33)42-23-28-6-4-5-7-31(28)36;/h4-13,18-21H,14-17,22-23H2,1-3H3;1H/b25-19-;. The number of carbonyl (C=O) groups excluding carboxylic acids is 1. The quantitative estimate of drug-likeness (QED) is 0.164. The number of benzene rings is 3. The minimum Gasteiger partial charge on any atom is -0.487 e. The van der Waals surface area contributed by atoms with Gasteiger partial charge in [0.05, 0.1) is 11.2 Å². The van der Waals surface area contributed by atoms with E-state index in [1.165, 1.54) is 11.1 Å². The molecule has 2 heterocycles. The summed E-state index contributed by atoms with van der Waals surface area (Å²) in [5, 5.41) is 1.10. The average molecular weight is 698 g/mol. The summed E-state index contributed by atoms with van der Waals surface area (Å²) in [7, 11) is 0. The Morgan fingerprint density at radius 1 is 0.932 bits per heavy atom. The fourth-order valence-electron chi connectivity index (χ4n) is 4.92. The number of hydrogen-bond donors (Lipinski definition) is 0. The first-order valence-corrected chi connectivity index (χ1v) is 15.1. The maximum absolute atomic E-state index is 13.1. The van der Waals surface area contributed by atoms with E-state index in [9.17, 15) is 4.79 Å². The molecule has 0 bridgehead atoms. The zero-order chi connectivity index (χ0) is 30.3. The Hall–Kier alpha value is -3.36. The molecule has 1 amide bonds. The molecule has 0 N–H and O–H groups in total. The lowest BCUT2D eigenvalue weighted by Gasteiger charge is -2.34. The summed E-state index contributed by atoms with van der Waals surface area (Å²) in [6.07, 6.45) is 3.30. The average Bonchev–Trinajstić information content (AvgIpc) is 3.00. The molecule has 1 saturated heterocycles. The second-order valence-electron chi connectivity index (χ2n) is 10.8. The van der Waals surface area contributed by atoms with E-state index in [4.69, 9.17) is 32.7 Å². The fraction of sp³-hybridized carbons (Fsp3) is 0.257. The van der Waals surface area contributed by atoms with Crippen LogP contribution in [0.25, 0.3) is 5.57 Å². The van der Waals surface area contributed by atoms with Gasteiger partial charge in [-0.1, -0.05) is 71.2 Å². The van der Waals surface area contributed by atoms with E-state index in [0.717, 1.165) is 41.9 Å². The lowest BCUT2D eigenvalue weighted by Crippen LogP contribution is -2.47. The molecule has 1 aliphatic heterocycles. The van der Waals surface area contributed by atoms with Crippen molar-refractivity contribution in [2.24, 2.45) is 0 Å². The van der Waals surface area contributed by atoms with Gasteiger partial charge in [0.15, 0.2) is 5.75 Å². The van der Waals surface area contributed by atoms with Gasteiger partial charge in [-0.2, -0.15) is 0 Å². The Morgan fingerprint density at radius 2 is 1.66 bits per heavy atom. The highest BCUT2D eigenvalue weighted by atomic mass is 79.9. The lowest BCUT2D eigenvalue weighted by molar-refractivity contribution is -0.127. The molecule has 0 saturated carbocycles. The van der Waals surface area contributed by atoms with Crippen molar-refractivity contribution in [2.45, 2.75) is 33.9 Å². The Morgan fingerprint density at radius 3 is 2.32 bits per heavy atom. The minimum atomic E-state index is 0. The molecule has 0 unspecified atom stereocenters. The molecule has 5 rings (SSSR count). The highest BCUT2D eigenvalue weighted by Crippen LogP contribution is 2.35. The molecule has 44 heavy (non-hydrogen) atoms. The second-order valence-corrected chi connectivity index (χ2v) is 11.6. The van der Waals surface area contributed by atoms with Crippen LogP contribution < -0.4 is 9.47 Å². The van der Waals surface area contributed by atoms with Crippen LogP contribution in [-0.4, -0.2) is 46.9 Å². The van der Waals surface area contributed by atoms with E-state index in [-0.39, 0.29) is 22.9 Å². The number of allylic oxidation sites excluding steroid dienone is 1. The maximum Gasteiger partial charge on any atom is 0.246 e. The molecule has 1 fully saturated rings. The van der Waals surface area contributed by atoms with E-state index >= 15 is 0 Å². The number of aryl methyl sites for hydroxylation is 2. The summed E-state index contributed by atoms with van der Waals surface area (Å²) in [6.45, 7) is 10.3. The van der Waals surface area contributed by atoms with Crippen molar-refractivity contribution in [2.75, 3.05) is 26.2 Å². The largest absolute Gasteiger partial charge is 0.487 e. The molecular weight excluding hydrogens is 661 g/mol. The molecule has 0 radical (unpaired) electrons. The lowest BCUT2D eigenvalue weighted by atomic mass is 10.0. The molecule has 9 heteroatoms. The number of pyridine rings is 1. The van der Waals surface area contributed by atoms with Crippen LogP contribution in [0.1, 0.15) is 34.7 Å². The number of aromatic nitrogens is 1. The van der Waals surface area contributed by atoms with Crippen molar-refractivity contribution in [1.82, 2.24) is 14.8 Å². The van der Waals surface area contributed by atoms with E-state index in [0.29, 0.717) is 47.1 Å². The molecule has 6 nitrogen and oxygen atoms in total. The topological polar surface area (TPSA) is 54.9 Å². The van der Waals surface area contributed by atoms with Gasteiger partial charge in [0, 0.05) is 55.5 Å². The monoisotopic (exact) mass is 695 g/mol. The van der Waals surface area contributed by atoms with Crippen LogP contribution in [0.2, 0.25) is 10.0 Å². The summed E-state index contributed by atoms with van der Waals surface area (Å²) < 4.78 is 11.8. The van der Waals surface area contributed by atoms with Crippen molar-refractivity contribution in [1.29, 1.82) is 0 Å². The van der Waals surface area contributed by atoms with E-state index in [2.05, 4.69) is 41.1 Å². The van der Waals surface area contributed by atoms with Crippen molar-refractivity contribution >= 4 is 51.7 Å². The third-order valence-electron chi connectivity index (χ3n) is 7.50. The number of hydrogen-bond acceptors (Lipinski definition) is 5. The normalized spacial score (nSPS) is 13.8. The first-order valence-electron chi connectivity index (χ1n) is 14.3. The van der Waals surface area contributed by atoms with Crippen LogP contribution in [-0.2, 0) is 17.9 Å². The molecule has 4 aromatic rings. The van der Waals surface area contributed by atoms with Crippen LogP contribution in [0.3, 0.4) is 0 Å². The molecule has 1 aliphatic rings. The molecule has 1 aromatic heterocycles. The zero-order valence-electron chi connectivity index (χ0n) is 25.1. The van der Waals surface area contributed by atoms with E-state index in [1.54, 1.807) is 24.4 Å². The van der Waals surface area contributed by atoms with Gasteiger partial charge in [-0.15, -0.1) is 17.0 Å². The molecule has 3 aromatic carbocycles. The summed E-state index contributed by atoms with van der Waals surface area (Å²) in [5.74, 6) is 1.53. The summed E-state index contributed by atoms with van der Waals surface area (Å²) >= 11 is 12.9. The van der Waals surface area contributed by atoms with Gasteiger partial charge in [0.25, 0.3) is 0 Å². The van der Waals surface area contributed by atoms with Crippen LogP contribution in [0, 0.1) is 13.8 Å².